The van der Waals surface area contributed by atoms with Crippen LogP contribution in [0.2, 0.25) is 0 Å². The van der Waals surface area contributed by atoms with E-state index in [1.54, 1.807) is 0 Å². The summed E-state index contributed by atoms with van der Waals surface area (Å²) < 4.78 is 0. The number of carbonyl (C=O) groups excluding carboxylic acids is 1. The van der Waals surface area contributed by atoms with Crippen molar-refractivity contribution in [2.24, 2.45) is 0 Å². The molecule has 21 heavy (non-hydrogen) atoms. The molecule has 3 heteroatoms. The Morgan fingerprint density at radius 3 is 2.48 bits per heavy atom. The number of likely N-dealkylation sites (N-methyl/N-ethyl adjacent to an activating group) is 1. The van der Waals surface area contributed by atoms with Gasteiger partial charge >= 0.3 is 0 Å². The molecule has 0 amide bonds. The van der Waals surface area contributed by atoms with Gasteiger partial charge in [0.25, 0.3) is 0 Å². The molecule has 1 aromatic carbocycles. The van der Waals surface area contributed by atoms with Crippen molar-refractivity contribution in [2.75, 3.05) is 20.1 Å². The van der Waals surface area contributed by atoms with Gasteiger partial charge in [-0.25, -0.2) is 0 Å². The molecule has 0 aliphatic carbocycles. The van der Waals surface area contributed by atoms with Gasteiger partial charge in [-0.05, 0) is 32.0 Å². The maximum absolute atomic E-state index is 12.7. The van der Waals surface area contributed by atoms with E-state index in [9.17, 15) is 4.79 Å². The first-order valence-electron chi connectivity index (χ1n) is 7.96. The Bertz CT molecular complexity index is 434. The van der Waals surface area contributed by atoms with Crippen LogP contribution in [0.3, 0.4) is 0 Å². The van der Waals surface area contributed by atoms with Crippen LogP contribution < -0.4 is 0 Å². The fourth-order valence-corrected chi connectivity index (χ4v) is 3.32. The molecule has 1 aliphatic heterocycles. The van der Waals surface area contributed by atoms with Gasteiger partial charge in [-0.15, -0.1) is 12.4 Å². The molecule has 0 spiro atoms. The van der Waals surface area contributed by atoms with E-state index in [0.717, 1.165) is 25.8 Å². The molecule has 1 atom stereocenters. The predicted molar refractivity (Wildman–Crippen MR) is 91.2 cm³/mol. The Balaban J connectivity index is 0.00000220. The van der Waals surface area contributed by atoms with E-state index in [0.29, 0.717) is 12.3 Å². The van der Waals surface area contributed by atoms with Crippen molar-refractivity contribution in [3.8, 4) is 0 Å². The molecule has 0 N–H and O–H groups in total. The third-order valence-electron chi connectivity index (χ3n) is 4.65. The number of nitrogens with zero attached hydrogens (tertiary/aromatic N) is 1. The summed E-state index contributed by atoms with van der Waals surface area (Å²) in [4.78, 5) is 14.9. The Morgan fingerprint density at radius 1 is 1.14 bits per heavy atom. The van der Waals surface area contributed by atoms with Crippen molar-refractivity contribution in [2.45, 2.75) is 50.9 Å². The molecule has 1 unspecified atom stereocenters. The highest BCUT2D eigenvalue weighted by Crippen LogP contribution is 2.37. The number of Topliss-reactive ketones (excluding diaryl/α,β-unsaturated/α-hetero) is 1. The highest BCUT2D eigenvalue weighted by molar-refractivity contribution is 5.92. The van der Waals surface area contributed by atoms with Crippen molar-refractivity contribution in [3.05, 3.63) is 35.9 Å². The van der Waals surface area contributed by atoms with Gasteiger partial charge in [0.1, 0.15) is 0 Å². The standard InChI is InChI=1S/C18H27NO.ClH/c1-3-4-5-9-12-18(16-10-7-6-8-11-16)13-14-19(2)15-17(18)20;/h6-8,10-11H,3-5,9,12-15H2,1-2H3;1H. The first-order valence-corrected chi connectivity index (χ1v) is 7.96. The normalized spacial score (nSPS) is 22.9. The van der Waals surface area contributed by atoms with Crippen molar-refractivity contribution in [3.63, 3.8) is 0 Å². The van der Waals surface area contributed by atoms with Gasteiger partial charge < -0.3 is 0 Å². The smallest absolute Gasteiger partial charge is 0.157 e. The number of likely N-dealkylation sites (tertiary alicyclic amines) is 1. The topological polar surface area (TPSA) is 20.3 Å². The minimum atomic E-state index is -0.221. The van der Waals surface area contributed by atoms with E-state index in [2.05, 4.69) is 36.1 Å². The number of halogens is 1. The summed E-state index contributed by atoms with van der Waals surface area (Å²) >= 11 is 0. The van der Waals surface area contributed by atoms with Crippen LogP contribution in [0, 0.1) is 0 Å². The number of ketones is 1. The van der Waals surface area contributed by atoms with E-state index >= 15 is 0 Å². The Labute approximate surface area is 135 Å². The second-order valence-electron chi connectivity index (χ2n) is 6.17. The minimum Gasteiger partial charge on any atom is -0.299 e. The number of carbonyl (C=O) groups is 1. The number of unbranched alkanes of at least 4 members (excludes halogenated alkanes) is 3. The fourth-order valence-electron chi connectivity index (χ4n) is 3.32. The molecule has 0 aromatic heterocycles. The molecule has 1 aromatic rings. The summed E-state index contributed by atoms with van der Waals surface area (Å²) in [5.74, 6) is 0.411. The lowest BCUT2D eigenvalue weighted by atomic mass is 9.68. The molecule has 1 fully saturated rings. The number of hydrogen-bond donors (Lipinski definition) is 0. The third-order valence-corrected chi connectivity index (χ3v) is 4.65. The zero-order valence-electron chi connectivity index (χ0n) is 13.3. The van der Waals surface area contributed by atoms with E-state index in [-0.39, 0.29) is 17.8 Å². The maximum Gasteiger partial charge on any atom is 0.157 e. The molecule has 0 saturated carbocycles. The highest BCUT2D eigenvalue weighted by Gasteiger charge is 2.41. The number of hydrogen-bond acceptors (Lipinski definition) is 2. The van der Waals surface area contributed by atoms with Gasteiger partial charge in [0, 0.05) is 0 Å². The monoisotopic (exact) mass is 309 g/mol. The van der Waals surface area contributed by atoms with Crippen LogP contribution in [0.15, 0.2) is 30.3 Å². The quantitative estimate of drug-likeness (QED) is 0.733. The molecular formula is C18H28ClNO. The van der Waals surface area contributed by atoms with Crippen molar-refractivity contribution in [1.82, 2.24) is 4.90 Å². The first-order chi connectivity index (χ1) is 9.69. The molecule has 118 valence electrons. The summed E-state index contributed by atoms with van der Waals surface area (Å²) in [7, 11) is 2.05. The predicted octanol–water partition coefficient (Wildman–Crippen LogP) is 4.22. The van der Waals surface area contributed by atoms with Crippen molar-refractivity contribution in [1.29, 1.82) is 0 Å². The van der Waals surface area contributed by atoms with Crippen LogP contribution in [0.25, 0.3) is 0 Å². The van der Waals surface area contributed by atoms with Gasteiger partial charge in [-0.3, -0.25) is 9.69 Å². The third kappa shape index (κ3) is 4.31. The molecule has 1 heterocycles. The molecule has 1 saturated heterocycles. The summed E-state index contributed by atoms with van der Waals surface area (Å²) in [6, 6.07) is 10.4. The summed E-state index contributed by atoms with van der Waals surface area (Å²) in [5, 5.41) is 0. The average molecular weight is 310 g/mol. The SMILES string of the molecule is CCCCCCC1(c2ccccc2)CCN(C)CC1=O.Cl. The number of benzene rings is 1. The average Bonchev–Trinajstić information content (AvgIpc) is 2.47. The summed E-state index contributed by atoms with van der Waals surface area (Å²) in [6.45, 7) is 3.85. The van der Waals surface area contributed by atoms with Gasteiger partial charge in [-0.1, -0.05) is 62.9 Å². The van der Waals surface area contributed by atoms with Gasteiger partial charge in [-0.2, -0.15) is 0 Å². The van der Waals surface area contributed by atoms with E-state index in [1.807, 2.05) is 13.1 Å². The van der Waals surface area contributed by atoms with E-state index in [4.69, 9.17) is 0 Å². The number of piperidine rings is 1. The molecular weight excluding hydrogens is 282 g/mol. The van der Waals surface area contributed by atoms with Crippen LogP contribution >= 0.6 is 12.4 Å². The lowest BCUT2D eigenvalue weighted by molar-refractivity contribution is -0.128. The molecule has 0 bridgehead atoms. The Kier molecular flexibility index (Phi) is 7.41. The molecule has 2 nitrogen and oxygen atoms in total. The molecule has 2 rings (SSSR count). The second-order valence-corrected chi connectivity index (χ2v) is 6.17. The van der Waals surface area contributed by atoms with Crippen molar-refractivity contribution >= 4 is 18.2 Å². The van der Waals surface area contributed by atoms with Crippen molar-refractivity contribution < 1.29 is 4.79 Å². The first kappa shape index (κ1) is 18.2. The Hall–Kier alpha value is -0.860. The zero-order chi connectivity index (χ0) is 14.4. The second kappa shape index (κ2) is 8.55. The van der Waals surface area contributed by atoms with Crippen LogP contribution in [-0.4, -0.2) is 30.8 Å². The lowest BCUT2D eigenvalue weighted by Gasteiger charge is -2.40. The molecule has 1 aliphatic rings. The minimum absolute atomic E-state index is 0. The lowest BCUT2D eigenvalue weighted by Crippen LogP contribution is -2.49. The maximum atomic E-state index is 12.7. The fraction of sp³-hybridized carbons (Fsp3) is 0.611. The van der Waals surface area contributed by atoms with Crippen LogP contribution in [0.1, 0.15) is 51.0 Å². The number of rotatable bonds is 6. The van der Waals surface area contributed by atoms with Crippen LogP contribution in [0.5, 0.6) is 0 Å². The van der Waals surface area contributed by atoms with Gasteiger partial charge in [0.05, 0.1) is 12.0 Å². The largest absolute Gasteiger partial charge is 0.299 e. The van der Waals surface area contributed by atoms with E-state index in [1.165, 1.54) is 24.8 Å². The Morgan fingerprint density at radius 2 is 1.86 bits per heavy atom. The molecule has 0 radical (unpaired) electrons. The van der Waals surface area contributed by atoms with E-state index < -0.39 is 0 Å². The van der Waals surface area contributed by atoms with Gasteiger partial charge in [0.2, 0.25) is 0 Å². The summed E-state index contributed by atoms with van der Waals surface area (Å²) in [6.07, 6.45) is 6.92. The summed E-state index contributed by atoms with van der Waals surface area (Å²) in [5.41, 5.74) is 1.01. The van der Waals surface area contributed by atoms with Gasteiger partial charge in [0.15, 0.2) is 5.78 Å². The van der Waals surface area contributed by atoms with Crippen LogP contribution in [0.4, 0.5) is 0 Å². The zero-order valence-corrected chi connectivity index (χ0v) is 14.1. The van der Waals surface area contributed by atoms with Crippen LogP contribution in [-0.2, 0) is 10.2 Å². The highest BCUT2D eigenvalue weighted by atomic mass is 35.5.